The fraction of sp³-hybridized carbons (Fsp3) is 0.471. The van der Waals surface area contributed by atoms with Crippen LogP contribution in [0.3, 0.4) is 0 Å². The molecule has 5 heteroatoms. The fourth-order valence-corrected chi connectivity index (χ4v) is 4.21. The molecule has 1 aliphatic heterocycles. The van der Waals surface area contributed by atoms with Gasteiger partial charge in [-0.15, -0.1) is 11.3 Å². The van der Waals surface area contributed by atoms with E-state index in [1.807, 2.05) is 30.0 Å². The highest BCUT2D eigenvalue weighted by Crippen LogP contribution is 2.29. The van der Waals surface area contributed by atoms with Crippen LogP contribution in [0.1, 0.15) is 25.3 Å². The van der Waals surface area contributed by atoms with Gasteiger partial charge in [-0.2, -0.15) is 0 Å². The zero-order chi connectivity index (χ0) is 15.7. The van der Waals surface area contributed by atoms with Gasteiger partial charge in [-0.1, -0.05) is 11.6 Å². The minimum absolute atomic E-state index is 0.144. The first kappa shape index (κ1) is 15.8. The van der Waals surface area contributed by atoms with Crippen molar-refractivity contribution in [2.45, 2.75) is 32.3 Å². The first-order valence-corrected chi connectivity index (χ1v) is 8.92. The summed E-state index contributed by atoms with van der Waals surface area (Å²) in [6.07, 6.45) is 2.03. The Bertz CT molecular complexity index is 682. The van der Waals surface area contributed by atoms with Crippen molar-refractivity contribution in [2.75, 3.05) is 13.1 Å². The number of aliphatic hydroxyl groups excluding tert-OH is 1. The van der Waals surface area contributed by atoms with Crippen LogP contribution >= 0.6 is 22.9 Å². The lowest BCUT2D eigenvalue weighted by Gasteiger charge is -2.34. The van der Waals surface area contributed by atoms with E-state index in [1.54, 1.807) is 11.3 Å². The van der Waals surface area contributed by atoms with Crippen molar-refractivity contribution in [3.05, 3.63) is 34.2 Å². The van der Waals surface area contributed by atoms with E-state index in [2.05, 4.69) is 5.38 Å². The predicted molar refractivity (Wildman–Crippen MR) is 91.5 cm³/mol. The Morgan fingerprint density at radius 1 is 1.55 bits per heavy atom. The average molecular weight is 338 g/mol. The Morgan fingerprint density at radius 3 is 3.14 bits per heavy atom. The van der Waals surface area contributed by atoms with Crippen LogP contribution in [0, 0.1) is 5.92 Å². The molecule has 0 saturated carbocycles. The highest BCUT2D eigenvalue weighted by Gasteiger charge is 2.26. The van der Waals surface area contributed by atoms with E-state index >= 15 is 0 Å². The number of nitrogens with zero attached hydrogens (tertiary/aromatic N) is 1. The van der Waals surface area contributed by atoms with E-state index in [4.69, 9.17) is 11.6 Å². The normalized spacial score (nSPS) is 20.3. The van der Waals surface area contributed by atoms with Gasteiger partial charge in [0.05, 0.1) is 12.5 Å². The summed E-state index contributed by atoms with van der Waals surface area (Å²) < 4.78 is 1.16. The monoisotopic (exact) mass is 337 g/mol. The molecule has 3 rings (SSSR count). The molecule has 0 bridgehead atoms. The molecule has 1 fully saturated rings. The summed E-state index contributed by atoms with van der Waals surface area (Å²) in [5.74, 6) is 0.344. The van der Waals surface area contributed by atoms with E-state index in [0.717, 1.165) is 35.0 Å². The SMILES string of the molecule is CC(O)C1CCCN(C(=O)Cc2csc3ccc(Cl)cc23)C1. The molecular weight excluding hydrogens is 318 g/mol. The van der Waals surface area contributed by atoms with Crippen LogP contribution in [0.5, 0.6) is 0 Å². The van der Waals surface area contributed by atoms with Gasteiger partial charge in [-0.25, -0.2) is 0 Å². The second-order valence-electron chi connectivity index (χ2n) is 6.06. The van der Waals surface area contributed by atoms with Crippen LogP contribution in [0.25, 0.3) is 10.1 Å². The molecule has 2 heterocycles. The third-order valence-corrected chi connectivity index (χ3v) is 5.70. The van der Waals surface area contributed by atoms with Crippen LogP contribution in [0.2, 0.25) is 5.02 Å². The van der Waals surface area contributed by atoms with E-state index in [9.17, 15) is 9.90 Å². The number of rotatable bonds is 3. The summed E-state index contributed by atoms with van der Waals surface area (Å²) in [7, 11) is 0. The van der Waals surface area contributed by atoms with Gasteiger partial charge in [0.1, 0.15) is 0 Å². The Kier molecular flexibility index (Phi) is 4.71. The smallest absolute Gasteiger partial charge is 0.227 e. The van der Waals surface area contributed by atoms with Gasteiger partial charge in [-0.05, 0) is 54.3 Å². The zero-order valence-electron chi connectivity index (χ0n) is 12.6. The maximum Gasteiger partial charge on any atom is 0.227 e. The maximum absolute atomic E-state index is 12.6. The van der Waals surface area contributed by atoms with Crippen molar-refractivity contribution in [3.63, 3.8) is 0 Å². The number of carbonyl (C=O) groups is 1. The number of fused-ring (bicyclic) bond motifs is 1. The minimum atomic E-state index is -0.351. The van der Waals surface area contributed by atoms with Gasteiger partial charge in [0, 0.05) is 28.7 Å². The summed E-state index contributed by atoms with van der Waals surface area (Å²) in [6.45, 7) is 3.28. The Labute approximate surface area is 139 Å². The highest BCUT2D eigenvalue weighted by atomic mass is 35.5. The molecule has 1 N–H and O–H groups in total. The van der Waals surface area contributed by atoms with E-state index in [1.165, 1.54) is 0 Å². The first-order valence-electron chi connectivity index (χ1n) is 7.66. The lowest BCUT2D eigenvalue weighted by Crippen LogP contribution is -2.43. The van der Waals surface area contributed by atoms with Gasteiger partial charge < -0.3 is 10.0 Å². The predicted octanol–water partition coefficient (Wildman–Crippen LogP) is 3.72. The lowest BCUT2D eigenvalue weighted by molar-refractivity contribution is -0.133. The number of amides is 1. The molecule has 2 unspecified atom stereocenters. The van der Waals surface area contributed by atoms with Crippen LogP contribution < -0.4 is 0 Å². The number of aliphatic hydroxyl groups is 1. The molecule has 0 aliphatic carbocycles. The maximum atomic E-state index is 12.6. The minimum Gasteiger partial charge on any atom is -0.393 e. The lowest BCUT2D eigenvalue weighted by atomic mass is 9.93. The third kappa shape index (κ3) is 3.29. The summed E-state index contributed by atoms with van der Waals surface area (Å²) in [4.78, 5) is 14.5. The number of thiophene rings is 1. The molecule has 2 atom stereocenters. The molecule has 1 amide bonds. The summed E-state index contributed by atoms with van der Waals surface area (Å²) >= 11 is 7.72. The molecule has 1 aromatic carbocycles. The van der Waals surface area contributed by atoms with Gasteiger partial charge in [-0.3, -0.25) is 4.79 Å². The van der Waals surface area contributed by atoms with Crippen molar-refractivity contribution in [1.29, 1.82) is 0 Å². The van der Waals surface area contributed by atoms with Crippen LogP contribution in [-0.2, 0) is 11.2 Å². The summed E-state index contributed by atoms with van der Waals surface area (Å²) in [6, 6.07) is 5.81. The number of benzene rings is 1. The molecule has 1 saturated heterocycles. The van der Waals surface area contributed by atoms with Crippen molar-refractivity contribution in [2.24, 2.45) is 5.92 Å². The molecule has 1 aliphatic rings. The van der Waals surface area contributed by atoms with Crippen LogP contribution in [-0.4, -0.2) is 35.1 Å². The second kappa shape index (κ2) is 6.57. The van der Waals surface area contributed by atoms with Crippen LogP contribution in [0.15, 0.2) is 23.6 Å². The summed E-state index contributed by atoms with van der Waals surface area (Å²) in [5.41, 5.74) is 1.05. The molecular formula is C17H20ClNO2S. The quantitative estimate of drug-likeness (QED) is 0.927. The number of hydrogen-bond acceptors (Lipinski definition) is 3. The van der Waals surface area contributed by atoms with Crippen molar-refractivity contribution >= 4 is 38.9 Å². The second-order valence-corrected chi connectivity index (χ2v) is 7.41. The van der Waals surface area contributed by atoms with Gasteiger partial charge in [0.15, 0.2) is 0 Å². The number of likely N-dealkylation sites (tertiary alicyclic amines) is 1. The van der Waals surface area contributed by atoms with Crippen molar-refractivity contribution < 1.29 is 9.90 Å². The van der Waals surface area contributed by atoms with E-state index < -0.39 is 0 Å². The molecule has 118 valence electrons. The number of halogens is 1. The van der Waals surface area contributed by atoms with Gasteiger partial charge in [0.25, 0.3) is 0 Å². The molecule has 2 aromatic rings. The number of piperidine rings is 1. The third-order valence-electron chi connectivity index (χ3n) is 4.45. The highest BCUT2D eigenvalue weighted by molar-refractivity contribution is 7.17. The average Bonchev–Trinajstić information content (AvgIpc) is 2.89. The standard InChI is InChI=1S/C17H20ClNO2S/c1-11(20)12-3-2-6-19(9-12)17(21)7-13-10-22-16-5-4-14(18)8-15(13)16/h4-5,8,10-12,20H,2-3,6-7,9H2,1H3. The number of carbonyl (C=O) groups excluding carboxylic acids is 1. The first-order chi connectivity index (χ1) is 10.5. The fourth-order valence-electron chi connectivity index (χ4n) is 3.10. The zero-order valence-corrected chi connectivity index (χ0v) is 14.2. The van der Waals surface area contributed by atoms with Crippen molar-refractivity contribution in [1.82, 2.24) is 4.90 Å². The number of hydrogen-bond donors (Lipinski definition) is 1. The van der Waals surface area contributed by atoms with Gasteiger partial charge in [0.2, 0.25) is 5.91 Å². The Balaban J connectivity index is 1.74. The van der Waals surface area contributed by atoms with Crippen molar-refractivity contribution in [3.8, 4) is 0 Å². The van der Waals surface area contributed by atoms with Gasteiger partial charge >= 0.3 is 0 Å². The van der Waals surface area contributed by atoms with Crippen LogP contribution in [0.4, 0.5) is 0 Å². The van der Waals surface area contributed by atoms with E-state index in [0.29, 0.717) is 18.0 Å². The summed E-state index contributed by atoms with van der Waals surface area (Å²) in [5, 5.41) is 13.6. The Morgan fingerprint density at radius 2 is 2.36 bits per heavy atom. The molecule has 1 aromatic heterocycles. The molecule has 0 radical (unpaired) electrons. The topological polar surface area (TPSA) is 40.5 Å². The molecule has 22 heavy (non-hydrogen) atoms. The molecule has 0 spiro atoms. The molecule has 3 nitrogen and oxygen atoms in total. The Hall–Kier alpha value is -1.10. The van der Waals surface area contributed by atoms with E-state index in [-0.39, 0.29) is 17.9 Å². The largest absolute Gasteiger partial charge is 0.393 e.